The maximum absolute atomic E-state index is 3.35. The molecule has 1 aromatic heterocycles. The minimum absolute atomic E-state index is 1.22. The Morgan fingerprint density at radius 2 is 1.57 bits per heavy atom. The maximum Gasteiger partial charge on any atom is 0.0462 e. The number of rotatable bonds is 0. The molecule has 0 saturated carbocycles. The third-order valence-electron chi connectivity index (χ3n) is 2.62. The van der Waals surface area contributed by atoms with Crippen LogP contribution in [-0.2, 0) is 0 Å². The van der Waals surface area contributed by atoms with E-state index in [4.69, 9.17) is 0 Å². The first-order chi connectivity index (χ1) is 6.83. The highest BCUT2D eigenvalue weighted by Gasteiger charge is 1.99. The first-order valence-corrected chi connectivity index (χ1v) is 4.81. The fourth-order valence-corrected chi connectivity index (χ4v) is 1.97. The molecule has 1 N–H and O–H groups in total. The monoisotopic (exact) mass is 181 g/mol. The highest BCUT2D eigenvalue weighted by molar-refractivity contribution is 5.97. The van der Waals surface area contributed by atoms with Crippen molar-refractivity contribution in [1.29, 1.82) is 0 Å². The van der Waals surface area contributed by atoms with Crippen LogP contribution in [0.3, 0.4) is 0 Å². The second-order valence-corrected chi connectivity index (χ2v) is 3.74. The Morgan fingerprint density at radius 1 is 0.857 bits per heavy atom. The van der Waals surface area contributed by atoms with Gasteiger partial charge in [-0.3, -0.25) is 0 Å². The SMILES string of the molecule is Cc1cc2cc3ccccc3cc2[nH]1. The summed E-state index contributed by atoms with van der Waals surface area (Å²) in [6, 6.07) is 15.1. The third kappa shape index (κ3) is 1.02. The molecule has 14 heavy (non-hydrogen) atoms. The molecule has 3 rings (SSSR count). The van der Waals surface area contributed by atoms with Gasteiger partial charge in [0, 0.05) is 16.6 Å². The van der Waals surface area contributed by atoms with Crippen LogP contribution in [-0.4, -0.2) is 4.98 Å². The molecule has 0 radical (unpaired) electrons. The van der Waals surface area contributed by atoms with E-state index < -0.39 is 0 Å². The number of nitrogens with one attached hydrogen (secondary N) is 1. The fourth-order valence-electron chi connectivity index (χ4n) is 1.97. The molecular weight excluding hydrogens is 170 g/mol. The van der Waals surface area contributed by atoms with Crippen molar-refractivity contribution in [3.05, 3.63) is 48.2 Å². The van der Waals surface area contributed by atoms with Gasteiger partial charge in [0.15, 0.2) is 0 Å². The predicted octanol–water partition coefficient (Wildman–Crippen LogP) is 3.63. The number of aromatic amines is 1. The van der Waals surface area contributed by atoms with Gasteiger partial charge >= 0.3 is 0 Å². The summed E-state index contributed by atoms with van der Waals surface area (Å²) in [7, 11) is 0. The minimum atomic E-state index is 1.22. The molecular formula is C13H11N. The van der Waals surface area contributed by atoms with Gasteiger partial charge in [0.1, 0.15) is 0 Å². The Balaban J connectivity index is 2.51. The zero-order valence-electron chi connectivity index (χ0n) is 8.04. The van der Waals surface area contributed by atoms with E-state index in [0.29, 0.717) is 0 Å². The average molecular weight is 181 g/mol. The molecule has 0 saturated heterocycles. The summed E-state index contributed by atoms with van der Waals surface area (Å²) >= 11 is 0. The lowest BCUT2D eigenvalue weighted by molar-refractivity contribution is 1.30. The molecule has 1 heteroatoms. The topological polar surface area (TPSA) is 15.8 Å². The molecule has 0 atom stereocenters. The molecule has 0 aliphatic rings. The molecule has 0 spiro atoms. The van der Waals surface area contributed by atoms with Crippen LogP contribution in [0.2, 0.25) is 0 Å². The second-order valence-electron chi connectivity index (χ2n) is 3.74. The normalized spacial score (nSPS) is 11.2. The van der Waals surface area contributed by atoms with E-state index in [2.05, 4.69) is 54.4 Å². The van der Waals surface area contributed by atoms with E-state index in [1.807, 2.05) is 0 Å². The van der Waals surface area contributed by atoms with E-state index in [9.17, 15) is 0 Å². The van der Waals surface area contributed by atoms with Crippen molar-refractivity contribution in [3.8, 4) is 0 Å². The van der Waals surface area contributed by atoms with E-state index in [-0.39, 0.29) is 0 Å². The number of hydrogen-bond donors (Lipinski definition) is 1. The van der Waals surface area contributed by atoms with Crippen molar-refractivity contribution in [2.45, 2.75) is 6.92 Å². The number of H-pyrrole nitrogens is 1. The van der Waals surface area contributed by atoms with Gasteiger partial charge in [-0.25, -0.2) is 0 Å². The Hall–Kier alpha value is -1.76. The Bertz CT molecular complexity index is 552. The number of aromatic nitrogens is 1. The molecule has 3 aromatic rings. The van der Waals surface area contributed by atoms with Gasteiger partial charge in [0.05, 0.1) is 0 Å². The summed E-state index contributed by atoms with van der Waals surface area (Å²) in [5, 5.41) is 3.89. The van der Waals surface area contributed by atoms with Crippen LogP contribution in [0.1, 0.15) is 5.69 Å². The molecule has 0 aliphatic carbocycles. The van der Waals surface area contributed by atoms with E-state index in [0.717, 1.165) is 0 Å². The molecule has 0 amide bonds. The fraction of sp³-hybridized carbons (Fsp3) is 0.0769. The summed E-state index contributed by atoms with van der Waals surface area (Å²) in [5.41, 5.74) is 2.44. The van der Waals surface area contributed by atoms with Crippen molar-refractivity contribution < 1.29 is 0 Å². The smallest absolute Gasteiger partial charge is 0.0462 e. The highest BCUT2D eigenvalue weighted by Crippen LogP contribution is 2.22. The van der Waals surface area contributed by atoms with Crippen molar-refractivity contribution in [3.63, 3.8) is 0 Å². The maximum atomic E-state index is 3.35. The number of aryl methyl sites for hydroxylation is 1. The third-order valence-corrected chi connectivity index (χ3v) is 2.62. The minimum Gasteiger partial charge on any atom is -0.359 e. The number of hydrogen-bond acceptors (Lipinski definition) is 0. The van der Waals surface area contributed by atoms with Crippen LogP contribution >= 0.6 is 0 Å². The summed E-state index contributed by atoms with van der Waals surface area (Å²) in [4.78, 5) is 3.35. The lowest BCUT2D eigenvalue weighted by Gasteiger charge is -1.96. The molecule has 1 nitrogen and oxygen atoms in total. The van der Waals surface area contributed by atoms with Crippen LogP contribution in [0.15, 0.2) is 42.5 Å². The quantitative estimate of drug-likeness (QED) is 0.545. The van der Waals surface area contributed by atoms with E-state index >= 15 is 0 Å². The van der Waals surface area contributed by atoms with Gasteiger partial charge in [-0.1, -0.05) is 24.3 Å². The first-order valence-electron chi connectivity index (χ1n) is 4.81. The van der Waals surface area contributed by atoms with Gasteiger partial charge < -0.3 is 4.98 Å². The van der Waals surface area contributed by atoms with Gasteiger partial charge in [-0.05, 0) is 35.9 Å². The zero-order valence-corrected chi connectivity index (χ0v) is 8.04. The Morgan fingerprint density at radius 3 is 2.36 bits per heavy atom. The molecule has 0 unspecified atom stereocenters. The van der Waals surface area contributed by atoms with E-state index in [1.54, 1.807) is 0 Å². The molecule has 0 aliphatic heterocycles. The Labute approximate surface area is 82.4 Å². The van der Waals surface area contributed by atoms with Gasteiger partial charge in [-0.15, -0.1) is 0 Å². The lowest BCUT2D eigenvalue weighted by atomic mass is 10.1. The zero-order chi connectivity index (χ0) is 9.54. The summed E-state index contributed by atoms with van der Waals surface area (Å²) in [6.07, 6.45) is 0. The summed E-state index contributed by atoms with van der Waals surface area (Å²) < 4.78 is 0. The van der Waals surface area contributed by atoms with Crippen molar-refractivity contribution in [2.75, 3.05) is 0 Å². The molecule has 2 aromatic carbocycles. The van der Waals surface area contributed by atoms with Crippen LogP contribution in [0.4, 0.5) is 0 Å². The van der Waals surface area contributed by atoms with Crippen molar-refractivity contribution in [1.82, 2.24) is 4.98 Å². The van der Waals surface area contributed by atoms with Crippen LogP contribution in [0, 0.1) is 6.92 Å². The van der Waals surface area contributed by atoms with Crippen molar-refractivity contribution in [2.24, 2.45) is 0 Å². The van der Waals surface area contributed by atoms with E-state index in [1.165, 1.54) is 27.4 Å². The lowest BCUT2D eigenvalue weighted by Crippen LogP contribution is -1.72. The van der Waals surface area contributed by atoms with Gasteiger partial charge in [-0.2, -0.15) is 0 Å². The average Bonchev–Trinajstić information content (AvgIpc) is 2.53. The standard InChI is InChI=1S/C13H11N/c1-9-6-12-7-10-4-2-3-5-11(10)8-13(12)14-9/h2-8,14H,1H3. The molecule has 68 valence electrons. The summed E-state index contributed by atoms with van der Waals surface area (Å²) in [5.74, 6) is 0. The van der Waals surface area contributed by atoms with Crippen LogP contribution in [0.25, 0.3) is 21.7 Å². The second kappa shape index (κ2) is 2.61. The Kier molecular flexibility index (Phi) is 1.42. The molecule has 0 bridgehead atoms. The number of benzene rings is 2. The highest BCUT2D eigenvalue weighted by atomic mass is 14.7. The molecule has 1 heterocycles. The summed E-state index contributed by atoms with van der Waals surface area (Å²) in [6.45, 7) is 2.09. The van der Waals surface area contributed by atoms with Crippen LogP contribution in [0.5, 0.6) is 0 Å². The first kappa shape index (κ1) is 7.63. The predicted molar refractivity (Wildman–Crippen MR) is 60.5 cm³/mol. The van der Waals surface area contributed by atoms with Gasteiger partial charge in [0.2, 0.25) is 0 Å². The largest absolute Gasteiger partial charge is 0.359 e. The van der Waals surface area contributed by atoms with Gasteiger partial charge in [0.25, 0.3) is 0 Å². The van der Waals surface area contributed by atoms with Crippen LogP contribution < -0.4 is 0 Å². The number of fused-ring (bicyclic) bond motifs is 2. The van der Waals surface area contributed by atoms with Crippen molar-refractivity contribution >= 4 is 21.7 Å². The molecule has 0 fully saturated rings.